The summed E-state index contributed by atoms with van der Waals surface area (Å²) in [6, 6.07) is 0. The van der Waals surface area contributed by atoms with Gasteiger partial charge in [-0.2, -0.15) is 0 Å². The Morgan fingerprint density at radius 1 is 1.71 bits per heavy atom. The molecular formula is C7H8. The Hall–Kier alpha value is -0.700. The standard InChI is InChI=1S/C7H8/c1-7-5-3-2-4-6-7/h3,5,7H,6H2,1H3. The van der Waals surface area contributed by atoms with Crippen LogP contribution in [0.15, 0.2) is 12.2 Å². The van der Waals surface area contributed by atoms with Gasteiger partial charge in [0.1, 0.15) is 0 Å². The molecular weight excluding hydrogens is 84.1 g/mol. The maximum absolute atomic E-state index is 3.00. The van der Waals surface area contributed by atoms with E-state index in [0.717, 1.165) is 6.42 Å². The van der Waals surface area contributed by atoms with Gasteiger partial charge in [-0.1, -0.05) is 24.8 Å². The van der Waals surface area contributed by atoms with Crippen LogP contribution >= 0.6 is 0 Å². The molecule has 0 fully saturated rings. The lowest BCUT2D eigenvalue weighted by molar-refractivity contribution is 0.755. The first-order chi connectivity index (χ1) is 3.39. The van der Waals surface area contributed by atoms with Crippen molar-refractivity contribution >= 4 is 0 Å². The van der Waals surface area contributed by atoms with Crippen molar-refractivity contribution in [2.24, 2.45) is 5.92 Å². The van der Waals surface area contributed by atoms with Gasteiger partial charge in [-0.3, -0.25) is 0 Å². The van der Waals surface area contributed by atoms with Crippen LogP contribution < -0.4 is 0 Å². The van der Waals surface area contributed by atoms with Crippen molar-refractivity contribution in [3.8, 4) is 11.8 Å². The zero-order chi connectivity index (χ0) is 5.11. The van der Waals surface area contributed by atoms with Gasteiger partial charge in [-0.05, 0) is 12.0 Å². The van der Waals surface area contributed by atoms with E-state index in [2.05, 4.69) is 24.8 Å². The Morgan fingerprint density at radius 3 is 2.86 bits per heavy atom. The number of allylic oxidation sites excluding steroid dienone is 2. The van der Waals surface area contributed by atoms with E-state index in [4.69, 9.17) is 0 Å². The summed E-state index contributed by atoms with van der Waals surface area (Å²) in [5.41, 5.74) is 0. The summed E-state index contributed by atoms with van der Waals surface area (Å²) in [5.74, 6) is 6.56. The van der Waals surface area contributed by atoms with Crippen LogP contribution in [0.3, 0.4) is 0 Å². The van der Waals surface area contributed by atoms with Crippen LogP contribution in [0.2, 0.25) is 0 Å². The number of hydrogen-bond acceptors (Lipinski definition) is 0. The first kappa shape index (κ1) is 4.46. The predicted molar refractivity (Wildman–Crippen MR) is 30.7 cm³/mol. The lowest BCUT2D eigenvalue weighted by atomic mass is 10.1. The van der Waals surface area contributed by atoms with E-state index in [-0.39, 0.29) is 0 Å². The van der Waals surface area contributed by atoms with Gasteiger partial charge in [0.05, 0.1) is 0 Å². The molecule has 7 heavy (non-hydrogen) atoms. The Kier molecular flexibility index (Phi) is 1.17. The largest absolute Gasteiger partial charge is 0.0979 e. The van der Waals surface area contributed by atoms with Crippen LogP contribution in [0.5, 0.6) is 0 Å². The second kappa shape index (κ2) is 1.84. The van der Waals surface area contributed by atoms with Crippen LogP contribution in [-0.4, -0.2) is 0 Å². The van der Waals surface area contributed by atoms with Crippen molar-refractivity contribution in [2.75, 3.05) is 0 Å². The van der Waals surface area contributed by atoms with Crippen molar-refractivity contribution in [3.05, 3.63) is 12.2 Å². The van der Waals surface area contributed by atoms with E-state index in [1.807, 2.05) is 6.08 Å². The maximum atomic E-state index is 3.00. The fourth-order valence-corrected chi connectivity index (χ4v) is 0.559. The first-order valence-electron chi connectivity index (χ1n) is 2.54. The Bertz CT molecular complexity index is 132. The highest BCUT2D eigenvalue weighted by atomic mass is 14.0. The molecule has 0 aromatic rings. The van der Waals surface area contributed by atoms with Gasteiger partial charge in [0.15, 0.2) is 0 Å². The molecule has 0 N–H and O–H groups in total. The van der Waals surface area contributed by atoms with Crippen LogP contribution in [0.1, 0.15) is 13.3 Å². The molecule has 0 amide bonds. The minimum Gasteiger partial charge on any atom is -0.0979 e. The summed E-state index contributed by atoms with van der Waals surface area (Å²) in [6.45, 7) is 2.17. The average molecular weight is 92.1 g/mol. The molecule has 0 heteroatoms. The van der Waals surface area contributed by atoms with Gasteiger partial charge >= 0.3 is 0 Å². The fourth-order valence-electron chi connectivity index (χ4n) is 0.559. The van der Waals surface area contributed by atoms with Crippen molar-refractivity contribution in [1.29, 1.82) is 0 Å². The molecule has 0 nitrogen and oxygen atoms in total. The van der Waals surface area contributed by atoms with Crippen molar-refractivity contribution in [3.63, 3.8) is 0 Å². The van der Waals surface area contributed by atoms with Gasteiger partial charge in [-0.15, -0.1) is 0 Å². The van der Waals surface area contributed by atoms with E-state index >= 15 is 0 Å². The smallest absolute Gasteiger partial charge is 0.0153 e. The van der Waals surface area contributed by atoms with Crippen LogP contribution in [0, 0.1) is 17.8 Å². The normalized spacial score (nSPS) is 26.1. The lowest BCUT2D eigenvalue weighted by Gasteiger charge is -1.98. The molecule has 0 aromatic carbocycles. The molecule has 1 atom stereocenters. The van der Waals surface area contributed by atoms with Gasteiger partial charge in [0.25, 0.3) is 0 Å². The van der Waals surface area contributed by atoms with E-state index in [1.165, 1.54) is 0 Å². The van der Waals surface area contributed by atoms with Gasteiger partial charge in [0.2, 0.25) is 0 Å². The second-order valence-electron chi connectivity index (χ2n) is 1.86. The Morgan fingerprint density at radius 2 is 2.57 bits per heavy atom. The third-order valence-electron chi connectivity index (χ3n) is 1.03. The Labute approximate surface area is 44.2 Å². The first-order valence-corrected chi connectivity index (χ1v) is 2.54. The average Bonchev–Trinajstić information content (AvgIpc) is 1.69. The molecule has 1 aliphatic rings. The minimum atomic E-state index is 0.682. The third-order valence-corrected chi connectivity index (χ3v) is 1.03. The van der Waals surface area contributed by atoms with Gasteiger partial charge in [-0.25, -0.2) is 0 Å². The maximum Gasteiger partial charge on any atom is 0.0153 e. The Balaban J connectivity index is 2.58. The number of hydrogen-bond donors (Lipinski definition) is 0. The molecule has 0 saturated heterocycles. The molecule has 1 aliphatic carbocycles. The summed E-state index contributed by atoms with van der Waals surface area (Å²) < 4.78 is 0. The lowest BCUT2D eigenvalue weighted by Crippen LogP contribution is -1.88. The summed E-state index contributed by atoms with van der Waals surface area (Å²) >= 11 is 0. The number of rotatable bonds is 0. The molecule has 0 aromatic heterocycles. The van der Waals surface area contributed by atoms with Crippen LogP contribution in [0.4, 0.5) is 0 Å². The summed E-state index contributed by atoms with van der Waals surface area (Å²) in [4.78, 5) is 0. The zero-order valence-corrected chi connectivity index (χ0v) is 4.44. The monoisotopic (exact) mass is 92.1 g/mol. The topological polar surface area (TPSA) is 0 Å². The summed E-state index contributed by atoms with van der Waals surface area (Å²) in [5, 5.41) is 0. The molecule has 0 saturated carbocycles. The minimum absolute atomic E-state index is 0.682. The quantitative estimate of drug-likeness (QED) is 0.398. The van der Waals surface area contributed by atoms with E-state index in [0.29, 0.717) is 5.92 Å². The molecule has 0 heterocycles. The van der Waals surface area contributed by atoms with Gasteiger partial charge in [0, 0.05) is 6.42 Å². The van der Waals surface area contributed by atoms with Crippen LogP contribution in [0.25, 0.3) is 0 Å². The molecule has 36 valence electrons. The molecule has 0 bridgehead atoms. The molecule has 1 unspecified atom stereocenters. The van der Waals surface area contributed by atoms with Gasteiger partial charge < -0.3 is 0 Å². The van der Waals surface area contributed by atoms with E-state index < -0.39 is 0 Å². The predicted octanol–water partition coefficient (Wildman–Crippen LogP) is 1.59. The van der Waals surface area contributed by atoms with Crippen molar-refractivity contribution in [1.82, 2.24) is 0 Å². The highest BCUT2D eigenvalue weighted by molar-refractivity contribution is 5.20. The van der Waals surface area contributed by atoms with E-state index in [9.17, 15) is 0 Å². The van der Waals surface area contributed by atoms with Crippen LogP contribution in [-0.2, 0) is 0 Å². The third kappa shape index (κ3) is 1.08. The van der Waals surface area contributed by atoms with E-state index in [1.54, 1.807) is 0 Å². The van der Waals surface area contributed by atoms with Crippen molar-refractivity contribution in [2.45, 2.75) is 13.3 Å². The van der Waals surface area contributed by atoms with Crippen molar-refractivity contribution < 1.29 is 0 Å². The molecule has 0 spiro atoms. The molecule has 1 rings (SSSR count). The summed E-state index contributed by atoms with van der Waals surface area (Å²) in [7, 11) is 0. The second-order valence-corrected chi connectivity index (χ2v) is 1.86. The summed E-state index contributed by atoms with van der Waals surface area (Å²) in [6.07, 6.45) is 5.10. The molecule has 0 aliphatic heterocycles. The highest BCUT2D eigenvalue weighted by Gasteiger charge is 1.92. The SMILES string of the molecule is CC1C=CC#CC1. The zero-order valence-electron chi connectivity index (χ0n) is 4.44. The fraction of sp³-hybridized carbons (Fsp3) is 0.429. The molecule has 0 radical (unpaired) electrons. The highest BCUT2D eigenvalue weighted by Crippen LogP contribution is 2.03.